The van der Waals surface area contributed by atoms with Crippen LogP contribution in [0.25, 0.3) is 0 Å². The molecule has 1 N–H and O–H groups in total. The normalized spacial score (nSPS) is 13.0. The van der Waals surface area contributed by atoms with E-state index in [9.17, 15) is 13.2 Å². The molecular weight excluding hydrogens is 339 g/mol. The van der Waals surface area contributed by atoms with E-state index in [1.54, 1.807) is 0 Å². The standard InChI is InChI=1S/C17H21ClF3N3/c1-4-12(14(5-2)22-3)17(24-10-18)23-9-11-7-6-8-13(15(11)19)16(20)21/h6-8,16H,3-5,9-10H2,1-2H3,(H,23,24)/b14-12-. The van der Waals surface area contributed by atoms with Gasteiger partial charge in [-0.1, -0.05) is 32.0 Å². The van der Waals surface area contributed by atoms with Crippen molar-refractivity contribution in [3.63, 3.8) is 0 Å². The van der Waals surface area contributed by atoms with Gasteiger partial charge in [-0.25, -0.2) is 13.2 Å². The first-order chi connectivity index (χ1) is 11.5. The lowest BCUT2D eigenvalue weighted by molar-refractivity contribution is 0.146. The van der Waals surface area contributed by atoms with Crippen molar-refractivity contribution >= 4 is 24.2 Å². The van der Waals surface area contributed by atoms with Crippen LogP contribution in [-0.4, -0.2) is 18.6 Å². The molecule has 0 saturated heterocycles. The number of nitrogens with zero attached hydrogens (tertiary/aromatic N) is 2. The second-order valence-corrected chi connectivity index (χ2v) is 5.15. The number of aliphatic imine (C=N–C) groups is 2. The van der Waals surface area contributed by atoms with E-state index in [-0.39, 0.29) is 18.1 Å². The van der Waals surface area contributed by atoms with E-state index < -0.39 is 17.8 Å². The van der Waals surface area contributed by atoms with Crippen LogP contribution >= 0.6 is 11.6 Å². The Kier molecular flexibility index (Phi) is 8.54. The molecule has 0 atom stereocenters. The average Bonchev–Trinajstić information content (AvgIpc) is 2.57. The van der Waals surface area contributed by atoms with Gasteiger partial charge in [0.05, 0.1) is 18.1 Å². The first kappa shape index (κ1) is 20.2. The fourth-order valence-corrected chi connectivity index (χ4v) is 2.43. The minimum Gasteiger partial charge on any atom is -0.357 e. The molecule has 0 radical (unpaired) electrons. The van der Waals surface area contributed by atoms with Crippen molar-refractivity contribution in [3.05, 3.63) is 46.4 Å². The van der Waals surface area contributed by atoms with Crippen molar-refractivity contribution in [1.82, 2.24) is 5.32 Å². The average molecular weight is 360 g/mol. The van der Waals surface area contributed by atoms with Crippen molar-refractivity contribution < 1.29 is 13.2 Å². The summed E-state index contributed by atoms with van der Waals surface area (Å²) in [5.41, 5.74) is 1.05. The van der Waals surface area contributed by atoms with Crippen molar-refractivity contribution in [1.29, 1.82) is 0 Å². The van der Waals surface area contributed by atoms with E-state index >= 15 is 0 Å². The zero-order chi connectivity index (χ0) is 18.1. The van der Waals surface area contributed by atoms with Gasteiger partial charge in [-0.05, 0) is 19.6 Å². The largest absolute Gasteiger partial charge is 0.357 e. The van der Waals surface area contributed by atoms with Crippen molar-refractivity contribution in [2.75, 3.05) is 6.00 Å². The molecule has 0 fully saturated rings. The predicted octanol–water partition coefficient (Wildman–Crippen LogP) is 5.22. The van der Waals surface area contributed by atoms with Crippen LogP contribution in [0, 0.1) is 5.82 Å². The van der Waals surface area contributed by atoms with Gasteiger partial charge in [0.2, 0.25) is 0 Å². The van der Waals surface area contributed by atoms with Crippen LogP contribution in [0.2, 0.25) is 0 Å². The van der Waals surface area contributed by atoms with Crippen molar-refractivity contribution in [2.24, 2.45) is 9.98 Å². The van der Waals surface area contributed by atoms with Crippen molar-refractivity contribution in [2.45, 2.75) is 39.7 Å². The Morgan fingerprint density at radius 1 is 1.29 bits per heavy atom. The van der Waals surface area contributed by atoms with Crippen LogP contribution in [-0.2, 0) is 6.54 Å². The summed E-state index contributed by atoms with van der Waals surface area (Å²) >= 11 is 5.73. The molecule has 0 aliphatic rings. The monoisotopic (exact) mass is 359 g/mol. The molecule has 1 aromatic rings. The number of hydrogen-bond acceptors (Lipinski definition) is 2. The Hall–Kier alpha value is -1.82. The van der Waals surface area contributed by atoms with Crippen LogP contribution in [0.1, 0.15) is 44.2 Å². The minimum absolute atomic E-state index is 0.0801. The molecule has 0 aliphatic heterocycles. The van der Waals surface area contributed by atoms with E-state index in [0.29, 0.717) is 18.7 Å². The summed E-state index contributed by atoms with van der Waals surface area (Å²) in [6.45, 7) is 7.32. The smallest absolute Gasteiger partial charge is 0.266 e. The summed E-state index contributed by atoms with van der Waals surface area (Å²) < 4.78 is 39.6. The number of amidine groups is 1. The van der Waals surface area contributed by atoms with E-state index in [0.717, 1.165) is 17.3 Å². The SMILES string of the molecule is C=N/C(CC)=C(/CC)C(=NCc1cccc(C(F)F)c1F)NCCl. The third-order valence-electron chi connectivity index (χ3n) is 3.50. The second kappa shape index (κ2) is 10.1. The summed E-state index contributed by atoms with van der Waals surface area (Å²) in [6.07, 6.45) is -1.58. The Morgan fingerprint density at radius 2 is 2.00 bits per heavy atom. The highest BCUT2D eigenvalue weighted by atomic mass is 35.5. The fraction of sp³-hybridized carbons (Fsp3) is 0.412. The molecule has 1 rings (SSSR count). The summed E-state index contributed by atoms with van der Waals surface area (Å²) in [5.74, 6) is -0.459. The van der Waals surface area contributed by atoms with Gasteiger partial charge in [-0.15, -0.1) is 11.6 Å². The molecule has 0 aromatic heterocycles. The van der Waals surface area contributed by atoms with Gasteiger partial charge in [0, 0.05) is 16.8 Å². The van der Waals surface area contributed by atoms with Gasteiger partial charge in [0.25, 0.3) is 6.43 Å². The Labute approximate surface area is 145 Å². The highest BCUT2D eigenvalue weighted by Crippen LogP contribution is 2.24. The summed E-state index contributed by atoms with van der Waals surface area (Å²) in [6, 6.07) is 4.00. The van der Waals surface area contributed by atoms with Crippen LogP contribution < -0.4 is 5.32 Å². The molecule has 0 aliphatic carbocycles. The zero-order valence-electron chi connectivity index (χ0n) is 13.8. The van der Waals surface area contributed by atoms with E-state index in [4.69, 9.17) is 11.6 Å². The van der Waals surface area contributed by atoms with Gasteiger partial charge in [0.15, 0.2) is 0 Å². The summed E-state index contributed by atoms with van der Waals surface area (Å²) in [4.78, 5) is 8.31. The number of rotatable bonds is 8. The second-order valence-electron chi connectivity index (χ2n) is 4.89. The van der Waals surface area contributed by atoms with Gasteiger partial charge >= 0.3 is 0 Å². The van der Waals surface area contributed by atoms with Crippen molar-refractivity contribution in [3.8, 4) is 0 Å². The van der Waals surface area contributed by atoms with E-state index in [2.05, 4.69) is 22.0 Å². The van der Waals surface area contributed by atoms with Crippen LogP contribution in [0.15, 0.2) is 39.5 Å². The number of allylic oxidation sites excluding steroid dienone is 1. The van der Waals surface area contributed by atoms with E-state index in [1.807, 2.05) is 13.8 Å². The molecule has 0 bridgehead atoms. The molecule has 1 aromatic carbocycles. The number of hydrogen-bond donors (Lipinski definition) is 1. The third kappa shape index (κ3) is 5.09. The lowest BCUT2D eigenvalue weighted by atomic mass is 10.1. The maximum Gasteiger partial charge on any atom is 0.266 e. The molecule has 0 saturated carbocycles. The highest BCUT2D eigenvalue weighted by molar-refractivity contribution is 6.19. The lowest BCUT2D eigenvalue weighted by Crippen LogP contribution is -2.25. The van der Waals surface area contributed by atoms with Gasteiger partial charge in [-0.2, -0.15) is 0 Å². The van der Waals surface area contributed by atoms with Crippen LogP contribution in [0.3, 0.4) is 0 Å². The molecule has 3 nitrogen and oxygen atoms in total. The molecule has 0 amide bonds. The summed E-state index contributed by atoms with van der Waals surface area (Å²) in [7, 11) is 0. The Balaban J connectivity index is 3.22. The van der Waals surface area contributed by atoms with Crippen LogP contribution in [0.5, 0.6) is 0 Å². The number of halogens is 4. The fourth-order valence-electron chi connectivity index (χ4n) is 2.30. The molecule has 132 valence electrons. The maximum absolute atomic E-state index is 14.1. The predicted molar refractivity (Wildman–Crippen MR) is 93.5 cm³/mol. The summed E-state index contributed by atoms with van der Waals surface area (Å²) in [5, 5.41) is 2.91. The minimum atomic E-state index is -2.86. The third-order valence-corrected chi connectivity index (χ3v) is 3.63. The van der Waals surface area contributed by atoms with Gasteiger partial charge in [-0.3, -0.25) is 9.98 Å². The number of alkyl halides is 3. The van der Waals surface area contributed by atoms with Gasteiger partial charge < -0.3 is 5.32 Å². The molecule has 24 heavy (non-hydrogen) atoms. The Morgan fingerprint density at radius 3 is 2.50 bits per heavy atom. The Bertz CT molecular complexity index is 628. The molecule has 0 unspecified atom stereocenters. The zero-order valence-corrected chi connectivity index (χ0v) is 14.5. The molecule has 7 heteroatoms. The van der Waals surface area contributed by atoms with E-state index in [1.165, 1.54) is 12.1 Å². The maximum atomic E-state index is 14.1. The molecular formula is C17H21ClF3N3. The first-order valence-electron chi connectivity index (χ1n) is 7.58. The lowest BCUT2D eigenvalue weighted by Gasteiger charge is -2.14. The highest BCUT2D eigenvalue weighted by Gasteiger charge is 2.16. The number of benzene rings is 1. The first-order valence-corrected chi connectivity index (χ1v) is 8.12. The van der Waals surface area contributed by atoms with Gasteiger partial charge in [0.1, 0.15) is 11.7 Å². The topological polar surface area (TPSA) is 36.8 Å². The van der Waals surface area contributed by atoms with Crippen LogP contribution in [0.4, 0.5) is 13.2 Å². The quantitative estimate of drug-likeness (QED) is 0.294. The number of nitrogens with one attached hydrogen (secondary N) is 1. The molecule has 0 heterocycles. The molecule has 0 spiro atoms.